The Morgan fingerprint density at radius 2 is 1.47 bits per heavy atom. The summed E-state index contributed by atoms with van der Waals surface area (Å²) in [6, 6.07) is 3.44. The van der Waals surface area contributed by atoms with Crippen molar-refractivity contribution in [3.8, 4) is 12.0 Å². The highest BCUT2D eigenvalue weighted by atomic mass is 15.6. The zero-order valence-corrected chi connectivity index (χ0v) is 11.0. The van der Waals surface area contributed by atoms with Crippen molar-refractivity contribution in [3.63, 3.8) is 0 Å². The summed E-state index contributed by atoms with van der Waals surface area (Å²) in [5, 5.41) is 9.94. The lowest BCUT2D eigenvalue weighted by molar-refractivity contribution is 0.170. The first-order valence-corrected chi connectivity index (χ1v) is 5.45. The van der Waals surface area contributed by atoms with Gasteiger partial charge in [0, 0.05) is 17.5 Å². The molecule has 0 bridgehead atoms. The van der Waals surface area contributed by atoms with Crippen LogP contribution in [0.25, 0.3) is 0 Å². The van der Waals surface area contributed by atoms with Crippen molar-refractivity contribution in [2.24, 2.45) is 15.8 Å². The second-order valence-electron chi connectivity index (χ2n) is 5.24. The summed E-state index contributed by atoms with van der Waals surface area (Å²) < 4.78 is 0. The zero-order valence-electron chi connectivity index (χ0n) is 11.0. The zero-order chi connectivity index (χ0) is 12.1. The first-order chi connectivity index (χ1) is 6.74. The molecule has 3 nitrogen and oxygen atoms in total. The highest BCUT2D eigenvalue weighted by molar-refractivity contribution is 5.05. The predicted molar refractivity (Wildman–Crippen MR) is 64.2 cm³/mol. The van der Waals surface area contributed by atoms with Crippen LogP contribution in [0, 0.1) is 17.4 Å². The Balaban J connectivity index is 4.41. The minimum absolute atomic E-state index is 0.0144. The molecule has 0 aromatic carbocycles. The average Bonchev–Trinajstić information content (AvgIpc) is 2.00. The van der Waals surface area contributed by atoms with Crippen molar-refractivity contribution < 1.29 is 0 Å². The Bertz CT molecular complexity index is 253. The fourth-order valence-corrected chi connectivity index (χ4v) is 1.07. The molecule has 0 aliphatic carbocycles. The van der Waals surface area contributed by atoms with Gasteiger partial charge in [-0.25, -0.2) is 0 Å². The van der Waals surface area contributed by atoms with Gasteiger partial charge in [-0.1, -0.05) is 16.3 Å². The quantitative estimate of drug-likeness (QED) is 0.397. The second kappa shape index (κ2) is 5.75. The van der Waals surface area contributed by atoms with Crippen LogP contribution in [0.3, 0.4) is 0 Å². The van der Waals surface area contributed by atoms with E-state index in [2.05, 4.69) is 70.8 Å². The molecule has 0 aliphatic heterocycles. The molecule has 0 radical (unpaired) electrons. The van der Waals surface area contributed by atoms with E-state index in [1.807, 2.05) is 5.01 Å². The molecular formula is C12H23N3. The summed E-state index contributed by atoms with van der Waals surface area (Å²) in [5.41, 5.74) is -0.0144. The molecule has 15 heavy (non-hydrogen) atoms. The van der Waals surface area contributed by atoms with Gasteiger partial charge in [0.15, 0.2) is 0 Å². The van der Waals surface area contributed by atoms with Crippen LogP contribution in [0.4, 0.5) is 0 Å². The first kappa shape index (κ1) is 14.0. The van der Waals surface area contributed by atoms with Crippen LogP contribution in [-0.2, 0) is 0 Å². The molecule has 0 rings (SSSR count). The molecule has 0 spiro atoms. The maximum absolute atomic E-state index is 4.11. The molecule has 0 unspecified atom stereocenters. The highest BCUT2D eigenvalue weighted by Gasteiger charge is 2.09. The Labute approximate surface area is 93.9 Å². The van der Waals surface area contributed by atoms with E-state index in [9.17, 15) is 0 Å². The van der Waals surface area contributed by atoms with Crippen molar-refractivity contribution in [1.82, 2.24) is 5.01 Å². The van der Waals surface area contributed by atoms with Crippen molar-refractivity contribution >= 4 is 0 Å². The number of nitrogens with zero attached hydrogens (tertiary/aromatic N) is 3. The van der Waals surface area contributed by atoms with E-state index < -0.39 is 0 Å². The minimum atomic E-state index is -0.0144. The van der Waals surface area contributed by atoms with Crippen LogP contribution in [-0.4, -0.2) is 17.1 Å². The Hall–Kier alpha value is -1.04. The van der Waals surface area contributed by atoms with E-state index >= 15 is 0 Å². The van der Waals surface area contributed by atoms with Crippen molar-refractivity contribution in [1.29, 1.82) is 0 Å². The maximum Gasteiger partial charge on any atom is 0.0599 e. The normalized spacial score (nSPS) is 12.1. The largest absolute Gasteiger partial charge is 0.273 e. The molecule has 0 saturated carbocycles. The van der Waals surface area contributed by atoms with Crippen LogP contribution >= 0.6 is 0 Å². The summed E-state index contributed by atoms with van der Waals surface area (Å²) >= 11 is 0. The molecule has 0 heterocycles. The molecule has 0 aromatic heterocycles. The van der Waals surface area contributed by atoms with E-state index in [1.165, 1.54) is 0 Å². The van der Waals surface area contributed by atoms with E-state index in [-0.39, 0.29) is 5.41 Å². The lowest BCUT2D eigenvalue weighted by Crippen LogP contribution is -2.31. The van der Waals surface area contributed by atoms with Gasteiger partial charge in [-0.3, -0.25) is 5.01 Å². The van der Waals surface area contributed by atoms with Gasteiger partial charge in [0.05, 0.1) is 6.04 Å². The lowest BCUT2D eigenvalue weighted by Gasteiger charge is -2.25. The molecule has 0 N–H and O–H groups in total. The van der Waals surface area contributed by atoms with Crippen LogP contribution < -0.4 is 0 Å². The molecule has 0 aromatic rings. The minimum Gasteiger partial charge on any atom is -0.273 e. The summed E-state index contributed by atoms with van der Waals surface area (Å²) in [6.07, 6.45) is 0. The van der Waals surface area contributed by atoms with Gasteiger partial charge in [0.1, 0.15) is 0 Å². The van der Waals surface area contributed by atoms with Gasteiger partial charge in [-0.2, -0.15) is 0 Å². The fourth-order valence-electron chi connectivity index (χ4n) is 1.07. The Kier molecular flexibility index (Phi) is 5.35. The molecule has 0 fully saturated rings. The molecule has 0 atom stereocenters. The summed E-state index contributed by atoms with van der Waals surface area (Å²) in [4.78, 5) is 0. The third-order valence-electron chi connectivity index (χ3n) is 1.69. The van der Waals surface area contributed by atoms with E-state index in [4.69, 9.17) is 0 Å². The van der Waals surface area contributed by atoms with Gasteiger partial charge >= 0.3 is 0 Å². The van der Waals surface area contributed by atoms with Crippen LogP contribution in [0.2, 0.25) is 0 Å². The summed E-state index contributed by atoms with van der Waals surface area (Å²) in [6.45, 7) is 14.5. The van der Waals surface area contributed by atoms with E-state index in [1.54, 1.807) is 0 Å². The summed E-state index contributed by atoms with van der Waals surface area (Å²) in [7, 11) is 0. The van der Waals surface area contributed by atoms with Crippen LogP contribution in [0.1, 0.15) is 48.5 Å². The Morgan fingerprint density at radius 1 is 1.00 bits per heavy atom. The summed E-state index contributed by atoms with van der Waals surface area (Å²) in [5.74, 6) is 3.02. The van der Waals surface area contributed by atoms with Crippen LogP contribution in [0.15, 0.2) is 10.3 Å². The number of rotatable bonds is 3. The second-order valence-corrected chi connectivity index (χ2v) is 5.24. The van der Waals surface area contributed by atoms with E-state index in [0.717, 1.165) is 0 Å². The molecule has 86 valence electrons. The lowest BCUT2D eigenvalue weighted by atomic mass is 9.99. The topological polar surface area (TPSA) is 28.0 Å². The van der Waals surface area contributed by atoms with Crippen molar-refractivity contribution in [2.75, 3.05) is 0 Å². The van der Waals surface area contributed by atoms with Gasteiger partial charge < -0.3 is 0 Å². The monoisotopic (exact) mass is 209 g/mol. The third-order valence-corrected chi connectivity index (χ3v) is 1.69. The fraction of sp³-hybridized carbons (Fsp3) is 0.833. The molecule has 0 amide bonds. The van der Waals surface area contributed by atoms with E-state index in [0.29, 0.717) is 12.1 Å². The standard InChI is InChI=1S/C12H23N3/c1-10(2)15(11(3)4)14-13-9-8-12(5,6)7/h10-11H,1-7H3/b14-13+. The van der Waals surface area contributed by atoms with Crippen molar-refractivity contribution in [2.45, 2.75) is 60.5 Å². The van der Waals surface area contributed by atoms with Gasteiger partial charge in [0.25, 0.3) is 0 Å². The molecule has 3 heteroatoms. The highest BCUT2D eigenvalue weighted by Crippen LogP contribution is 2.10. The molecular weight excluding hydrogens is 186 g/mol. The van der Waals surface area contributed by atoms with Crippen LogP contribution in [0.5, 0.6) is 0 Å². The van der Waals surface area contributed by atoms with Crippen molar-refractivity contribution in [3.05, 3.63) is 0 Å². The molecule has 0 saturated heterocycles. The van der Waals surface area contributed by atoms with Gasteiger partial charge in [0.2, 0.25) is 0 Å². The first-order valence-electron chi connectivity index (χ1n) is 5.45. The van der Waals surface area contributed by atoms with Gasteiger partial charge in [-0.05, 0) is 48.5 Å². The molecule has 0 aliphatic rings. The smallest absolute Gasteiger partial charge is 0.0599 e. The Morgan fingerprint density at radius 3 is 1.80 bits per heavy atom. The third kappa shape index (κ3) is 6.96. The predicted octanol–water partition coefficient (Wildman–Crippen LogP) is 3.48. The number of hydrogen-bond acceptors (Lipinski definition) is 2. The SMILES string of the molecule is CC(C)N(/N=N/C#CC(C)(C)C)C(C)C. The average molecular weight is 209 g/mol. The van der Waals surface area contributed by atoms with Gasteiger partial charge in [-0.15, -0.1) is 0 Å². The number of hydrogen-bond donors (Lipinski definition) is 0. The maximum atomic E-state index is 4.11.